The van der Waals surface area contributed by atoms with E-state index in [1.807, 2.05) is 0 Å². The fourth-order valence-electron chi connectivity index (χ4n) is 3.37. The molecular weight excluding hydrogens is 248 g/mol. The monoisotopic (exact) mass is 274 g/mol. The fraction of sp³-hybridized carbons (Fsp3) is 0.647. The van der Waals surface area contributed by atoms with Crippen LogP contribution in [-0.2, 0) is 4.74 Å². The van der Waals surface area contributed by atoms with Crippen molar-refractivity contribution in [3.8, 4) is 0 Å². The van der Waals surface area contributed by atoms with Gasteiger partial charge in [0.05, 0.1) is 12.2 Å². The van der Waals surface area contributed by atoms with Crippen LogP contribution in [0.15, 0.2) is 24.3 Å². The van der Waals surface area contributed by atoms with Gasteiger partial charge in [0.25, 0.3) is 0 Å². The summed E-state index contributed by atoms with van der Waals surface area (Å²) in [6.07, 6.45) is 2.67. The average molecular weight is 274 g/mol. The molecule has 110 valence electrons. The van der Waals surface area contributed by atoms with E-state index in [9.17, 15) is 0 Å². The van der Waals surface area contributed by atoms with Gasteiger partial charge in [0, 0.05) is 25.7 Å². The van der Waals surface area contributed by atoms with E-state index in [-0.39, 0.29) is 5.60 Å². The molecule has 1 saturated carbocycles. The molecule has 0 radical (unpaired) electrons. The van der Waals surface area contributed by atoms with Gasteiger partial charge in [-0.2, -0.15) is 0 Å². The van der Waals surface area contributed by atoms with Gasteiger partial charge < -0.3 is 10.5 Å². The van der Waals surface area contributed by atoms with Gasteiger partial charge in [0.15, 0.2) is 0 Å². The van der Waals surface area contributed by atoms with E-state index in [4.69, 9.17) is 10.5 Å². The first-order chi connectivity index (χ1) is 9.61. The number of ether oxygens (including phenoxy) is 1. The fourth-order valence-corrected chi connectivity index (χ4v) is 3.37. The Labute approximate surface area is 122 Å². The Morgan fingerprint density at radius 2 is 2.10 bits per heavy atom. The van der Waals surface area contributed by atoms with Crippen LogP contribution in [0.2, 0.25) is 0 Å². The quantitative estimate of drug-likeness (QED) is 0.917. The number of nitrogens with zero attached hydrogens (tertiary/aromatic N) is 1. The molecule has 3 rings (SSSR count). The first-order valence-corrected chi connectivity index (χ1v) is 7.77. The molecule has 1 aromatic carbocycles. The molecule has 2 aliphatic rings. The normalized spacial score (nSPS) is 24.6. The predicted molar refractivity (Wildman–Crippen MR) is 81.8 cm³/mol. The Hall–Kier alpha value is -0.900. The third-order valence-electron chi connectivity index (χ3n) is 4.49. The maximum atomic E-state index is 6.13. The van der Waals surface area contributed by atoms with Crippen LogP contribution in [0.25, 0.3) is 0 Å². The van der Waals surface area contributed by atoms with Gasteiger partial charge in [-0.05, 0) is 43.7 Å². The van der Waals surface area contributed by atoms with Gasteiger partial charge in [-0.3, -0.25) is 4.90 Å². The smallest absolute Gasteiger partial charge is 0.0753 e. The zero-order chi connectivity index (χ0) is 14.2. The van der Waals surface area contributed by atoms with Crippen molar-refractivity contribution in [1.82, 2.24) is 4.90 Å². The van der Waals surface area contributed by atoms with Gasteiger partial charge in [0.2, 0.25) is 0 Å². The molecule has 0 bridgehead atoms. The second-order valence-corrected chi connectivity index (χ2v) is 6.73. The standard InChI is InChI=1S/C17H26N2O/c1-17(2)12-19(9-10-20-17)16(11-18)15-6-4-3-5-14(15)13-7-8-13/h3-6,13,16H,7-12,18H2,1-2H3. The van der Waals surface area contributed by atoms with Gasteiger partial charge in [-0.25, -0.2) is 0 Å². The van der Waals surface area contributed by atoms with E-state index >= 15 is 0 Å². The molecule has 3 nitrogen and oxygen atoms in total. The third-order valence-corrected chi connectivity index (χ3v) is 4.49. The number of nitrogens with two attached hydrogens (primary N) is 1. The minimum atomic E-state index is -0.0693. The van der Waals surface area contributed by atoms with Crippen LogP contribution >= 0.6 is 0 Å². The number of hydrogen-bond donors (Lipinski definition) is 1. The Balaban J connectivity index is 1.86. The molecule has 1 heterocycles. The maximum Gasteiger partial charge on any atom is 0.0753 e. The first-order valence-electron chi connectivity index (χ1n) is 7.77. The van der Waals surface area contributed by atoms with Crippen molar-refractivity contribution in [1.29, 1.82) is 0 Å². The average Bonchev–Trinajstić information content (AvgIpc) is 3.23. The second-order valence-electron chi connectivity index (χ2n) is 6.73. The van der Waals surface area contributed by atoms with E-state index in [0.29, 0.717) is 12.6 Å². The maximum absolute atomic E-state index is 6.13. The van der Waals surface area contributed by atoms with E-state index in [1.165, 1.54) is 24.0 Å². The molecule has 1 aliphatic heterocycles. The van der Waals surface area contributed by atoms with Gasteiger partial charge in [0.1, 0.15) is 0 Å². The van der Waals surface area contributed by atoms with E-state index in [2.05, 4.69) is 43.0 Å². The number of rotatable bonds is 4. The Kier molecular flexibility index (Phi) is 3.85. The number of hydrogen-bond acceptors (Lipinski definition) is 3. The summed E-state index contributed by atoms with van der Waals surface area (Å²) >= 11 is 0. The summed E-state index contributed by atoms with van der Waals surface area (Å²) in [4.78, 5) is 2.50. The lowest BCUT2D eigenvalue weighted by Crippen LogP contribution is -2.50. The molecule has 0 amide bonds. The molecule has 0 aromatic heterocycles. The van der Waals surface area contributed by atoms with Crippen molar-refractivity contribution in [2.24, 2.45) is 5.73 Å². The summed E-state index contributed by atoms with van der Waals surface area (Å²) in [5.41, 5.74) is 9.02. The Morgan fingerprint density at radius 3 is 2.75 bits per heavy atom. The summed E-state index contributed by atoms with van der Waals surface area (Å²) < 4.78 is 5.83. The summed E-state index contributed by atoms with van der Waals surface area (Å²) in [6, 6.07) is 9.20. The van der Waals surface area contributed by atoms with Crippen molar-refractivity contribution < 1.29 is 4.74 Å². The lowest BCUT2D eigenvalue weighted by Gasteiger charge is -2.42. The zero-order valence-electron chi connectivity index (χ0n) is 12.6. The Morgan fingerprint density at radius 1 is 1.35 bits per heavy atom. The summed E-state index contributed by atoms with van der Waals surface area (Å²) in [5.74, 6) is 0.773. The second kappa shape index (κ2) is 5.47. The molecular formula is C17H26N2O. The molecule has 20 heavy (non-hydrogen) atoms. The highest BCUT2D eigenvalue weighted by Gasteiger charge is 2.34. The molecule has 1 aromatic rings. The van der Waals surface area contributed by atoms with E-state index in [0.717, 1.165) is 25.6 Å². The minimum Gasteiger partial charge on any atom is -0.373 e. The predicted octanol–water partition coefficient (Wildman–Crippen LogP) is 2.67. The molecule has 2 fully saturated rings. The SMILES string of the molecule is CC1(C)CN(C(CN)c2ccccc2C2CC2)CCO1. The van der Waals surface area contributed by atoms with Crippen molar-refractivity contribution in [3.63, 3.8) is 0 Å². The summed E-state index contributed by atoms with van der Waals surface area (Å²) in [7, 11) is 0. The van der Waals surface area contributed by atoms with Crippen LogP contribution in [0.4, 0.5) is 0 Å². The third kappa shape index (κ3) is 2.90. The van der Waals surface area contributed by atoms with Crippen LogP contribution in [0, 0.1) is 0 Å². The number of benzene rings is 1. The van der Waals surface area contributed by atoms with Crippen molar-refractivity contribution >= 4 is 0 Å². The zero-order valence-corrected chi connectivity index (χ0v) is 12.6. The van der Waals surface area contributed by atoms with Crippen molar-refractivity contribution in [3.05, 3.63) is 35.4 Å². The topological polar surface area (TPSA) is 38.5 Å². The van der Waals surface area contributed by atoms with Crippen LogP contribution in [0.1, 0.15) is 49.8 Å². The van der Waals surface area contributed by atoms with Gasteiger partial charge >= 0.3 is 0 Å². The van der Waals surface area contributed by atoms with E-state index in [1.54, 1.807) is 0 Å². The molecule has 2 N–H and O–H groups in total. The van der Waals surface area contributed by atoms with Crippen LogP contribution in [0.5, 0.6) is 0 Å². The van der Waals surface area contributed by atoms with Crippen LogP contribution < -0.4 is 5.73 Å². The van der Waals surface area contributed by atoms with Crippen molar-refractivity contribution in [2.75, 3.05) is 26.2 Å². The minimum absolute atomic E-state index is 0.0693. The highest BCUT2D eigenvalue weighted by atomic mass is 16.5. The van der Waals surface area contributed by atoms with Crippen LogP contribution in [0.3, 0.4) is 0 Å². The molecule has 1 atom stereocenters. The van der Waals surface area contributed by atoms with Gasteiger partial charge in [-0.15, -0.1) is 0 Å². The lowest BCUT2D eigenvalue weighted by molar-refractivity contribution is -0.0968. The largest absolute Gasteiger partial charge is 0.373 e. The molecule has 1 unspecified atom stereocenters. The molecule has 0 spiro atoms. The number of morpholine rings is 1. The highest BCUT2D eigenvalue weighted by Crippen LogP contribution is 2.43. The Bertz CT molecular complexity index is 468. The van der Waals surface area contributed by atoms with E-state index < -0.39 is 0 Å². The molecule has 3 heteroatoms. The molecule has 1 saturated heterocycles. The van der Waals surface area contributed by atoms with Crippen molar-refractivity contribution in [2.45, 2.75) is 44.2 Å². The van der Waals surface area contributed by atoms with Gasteiger partial charge in [-0.1, -0.05) is 24.3 Å². The lowest BCUT2D eigenvalue weighted by atomic mass is 9.94. The molecule has 1 aliphatic carbocycles. The summed E-state index contributed by atoms with van der Waals surface area (Å²) in [6.45, 7) is 7.74. The highest BCUT2D eigenvalue weighted by molar-refractivity contribution is 5.36. The van der Waals surface area contributed by atoms with Crippen LogP contribution in [-0.4, -0.2) is 36.7 Å². The summed E-state index contributed by atoms with van der Waals surface area (Å²) in [5, 5.41) is 0. The first kappa shape index (κ1) is 14.1.